The zero-order valence-electron chi connectivity index (χ0n) is 14.0. The highest BCUT2D eigenvalue weighted by molar-refractivity contribution is 6.62. The SMILES string of the molecule is CC1(C)OB(c2ccc(Cl)cc2CN2CCCC2)OC1(C)C. The molecule has 0 amide bonds. The fourth-order valence-electron chi connectivity index (χ4n) is 3.09. The molecular formula is C17H25BClNO2. The first-order chi connectivity index (χ1) is 10.3. The van der Waals surface area contributed by atoms with Crippen molar-refractivity contribution in [3.63, 3.8) is 0 Å². The first kappa shape index (κ1) is 16.3. The standard InChI is InChI=1S/C17H25BClNO2/c1-16(2)17(3,4)22-18(21-16)15-8-7-14(19)11-13(15)12-20-9-5-6-10-20/h7-8,11H,5-6,9-10,12H2,1-4H3. The highest BCUT2D eigenvalue weighted by atomic mass is 35.5. The lowest BCUT2D eigenvalue weighted by Gasteiger charge is -2.32. The van der Waals surface area contributed by atoms with Crippen LogP contribution in [0, 0.1) is 0 Å². The molecule has 22 heavy (non-hydrogen) atoms. The summed E-state index contributed by atoms with van der Waals surface area (Å²) in [7, 11) is -0.320. The number of halogens is 1. The Hall–Kier alpha value is -0.545. The molecule has 0 bridgehead atoms. The van der Waals surface area contributed by atoms with E-state index in [1.54, 1.807) is 0 Å². The van der Waals surface area contributed by atoms with Crippen LogP contribution in [0.15, 0.2) is 18.2 Å². The molecule has 2 saturated heterocycles. The number of hydrogen-bond donors (Lipinski definition) is 0. The van der Waals surface area contributed by atoms with Gasteiger partial charge in [-0.1, -0.05) is 17.7 Å². The van der Waals surface area contributed by atoms with Crippen molar-refractivity contribution >= 4 is 24.2 Å². The minimum atomic E-state index is -0.320. The molecule has 0 atom stereocenters. The third-order valence-corrected chi connectivity index (χ3v) is 5.44. The normalized spacial score (nSPS) is 24.1. The second kappa shape index (κ2) is 5.83. The molecule has 3 rings (SSSR count). The minimum Gasteiger partial charge on any atom is -0.399 e. The van der Waals surface area contributed by atoms with Gasteiger partial charge in [-0.3, -0.25) is 4.90 Å². The van der Waals surface area contributed by atoms with Gasteiger partial charge in [-0.15, -0.1) is 0 Å². The van der Waals surface area contributed by atoms with E-state index in [2.05, 4.69) is 44.7 Å². The van der Waals surface area contributed by atoms with E-state index in [9.17, 15) is 0 Å². The third kappa shape index (κ3) is 3.07. The largest absolute Gasteiger partial charge is 0.495 e. The van der Waals surface area contributed by atoms with Crippen LogP contribution in [-0.2, 0) is 15.9 Å². The van der Waals surface area contributed by atoms with Crippen LogP contribution >= 0.6 is 11.6 Å². The Bertz CT molecular complexity index is 540. The molecule has 1 aromatic carbocycles. The Morgan fingerprint density at radius 1 is 1.09 bits per heavy atom. The van der Waals surface area contributed by atoms with E-state index in [0.29, 0.717) is 0 Å². The van der Waals surface area contributed by atoms with Crippen molar-refractivity contribution in [2.45, 2.75) is 58.3 Å². The summed E-state index contributed by atoms with van der Waals surface area (Å²) < 4.78 is 12.4. The zero-order chi connectivity index (χ0) is 16.0. The van der Waals surface area contributed by atoms with Gasteiger partial charge in [0.1, 0.15) is 0 Å². The van der Waals surface area contributed by atoms with Gasteiger partial charge in [-0.2, -0.15) is 0 Å². The number of hydrogen-bond acceptors (Lipinski definition) is 3. The molecule has 0 aromatic heterocycles. The Morgan fingerprint density at radius 3 is 2.27 bits per heavy atom. The lowest BCUT2D eigenvalue weighted by atomic mass is 9.76. The summed E-state index contributed by atoms with van der Waals surface area (Å²) in [5.74, 6) is 0. The highest BCUT2D eigenvalue weighted by Crippen LogP contribution is 2.36. The summed E-state index contributed by atoms with van der Waals surface area (Å²) in [6.07, 6.45) is 2.57. The molecule has 2 aliphatic rings. The van der Waals surface area contributed by atoms with Gasteiger partial charge >= 0.3 is 7.12 Å². The van der Waals surface area contributed by atoms with E-state index in [1.807, 2.05) is 6.07 Å². The number of nitrogens with zero attached hydrogens (tertiary/aromatic N) is 1. The van der Waals surface area contributed by atoms with Crippen molar-refractivity contribution in [1.29, 1.82) is 0 Å². The predicted octanol–water partition coefficient (Wildman–Crippen LogP) is 3.24. The van der Waals surface area contributed by atoms with Gasteiger partial charge in [0.05, 0.1) is 11.2 Å². The summed E-state index contributed by atoms with van der Waals surface area (Å²) in [6.45, 7) is 11.6. The van der Waals surface area contributed by atoms with Crippen LogP contribution in [-0.4, -0.2) is 36.3 Å². The molecular weight excluding hydrogens is 296 g/mol. The molecule has 0 radical (unpaired) electrons. The molecule has 2 heterocycles. The van der Waals surface area contributed by atoms with Crippen LogP contribution in [0.3, 0.4) is 0 Å². The van der Waals surface area contributed by atoms with Crippen LogP contribution in [0.5, 0.6) is 0 Å². The van der Waals surface area contributed by atoms with Crippen molar-refractivity contribution in [3.05, 3.63) is 28.8 Å². The van der Waals surface area contributed by atoms with Gasteiger partial charge in [0, 0.05) is 11.6 Å². The fraction of sp³-hybridized carbons (Fsp3) is 0.647. The van der Waals surface area contributed by atoms with Gasteiger partial charge in [-0.05, 0) is 76.8 Å². The van der Waals surface area contributed by atoms with Crippen LogP contribution < -0.4 is 5.46 Å². The highest BCUT2D eigenvalue weighted by Gasteiger charge is 2.52. The van der Waals surface area contributed by atoms with Crippen molar-refractivity contribution < 1.29 is 9.31 Å². The van der Waals surface area contributed by atoms with Gasteiger partial charge in [0.25, 0.3) is 0 Å². The first-order valence-corrected chi connectivity index (χ1v) is 8.53. The predicted molar refractivity (Wildman–Crippen MR) is 91.7 cm³/mol. The van der Waals surface area contributed by atoms with Crippen molar-refractivity contribution in [3.8, 4) is 0 Å². The minimum absolute atomic E-state index is 0.317. The van der Waals surface area contributed by atoms with Crippen LogP contribution in [0.4, 0.5) is 0 Å². The summed E-state index contributed by atoms with van der Waals surface area (Å²) >= 11 is 6.22. The summed E-state index contributed by atoms with van der Waals surface area (Å²) in [5, 5.41) is 0.773. The van der Waals surface area contributed by atoms with Gasteiger partial charge in [-0.25, -0.2) is 0 Å². The van der Waals surface area contributed by atoms with E-state index in [-0.39, 0.29) is 18.3 Å². The molecule has 2 aliphatic heterocycles. The molecule has 0 N–H and O–H groups in total. The fourth-order valence-corrected chi connectivity index (χ4v) is 3.29. The first-order valence-electron chi connectivity index (χ1n) is 8.15. The van der Waals surface area contributed by atoms with Crippen molar-refractivity contribution in [1.82, 2.24) is 4.90 Å². The van der Waals surface area contributed by atoms with Crippen LogP contribution in [0.25, 0.3) is 0 Å². The molecule has 120 valence electrons. The maximum atomic E-state index is 6.22. The van der Waals surface area contributed by atoms with E-state index in [1.165, 1.54) is 18.4 Å². The lowest BCUT2D eigenvalue weighted by molar-refractivity contribution is 0.00578. The van der Waals surface area contributed by atoms with E-state index in [4.69, 9.17) is 20.9 Å². The lowest BCUT2D eigenvalue weighted by Crippen LogP contribution is -2.41. The van der Waals surface area contributed by atoms with Crippen LogP contribution in [0.1, 0.15) is 46.1 Å². The molecule has 0 aliphatic carbocycles. The monoisotopic (exact) mass is 321 g/mol. The Labute approximate surface area is 139 Å². The molecule has 5 heteroatoms. The smallest absolute Gasteiger partial charge is 0.399 e. The summed E-state index contributed by atoms with van der Waals surface area (Å²) in [6, 6.07) is 6.03. The molecule has 0 unspecified atom stereocenters. The molecule has 1 aromatic rings. The third-order valence-electron chi connectivity index (χ3n) is 5.20. The average Bonchev–Trinajstić information content (AvgIpc) is 2.96. The molecule has 0 spiro atoms. The van der Waals surface area contributed by atoms with Crippen LogP contribution in [0.2, 0.25) is 5.02 Å². The van der Waals surface area contributed by atoms with E-state index < -0.39 is 0 Å². The number of benzene rings is 1. The quantitative estimate of drug-likeness (QED) is 0.798. The molecule has 2 fully saturated rings. The zero-order valence-corrected chi connectivity index (χ0v) is 14.7. The van der Waals surface area contributed by atoms with Gasteiger partial charge < -0.3 is 9.31 Å². The van der Waals surface area contributed by atoms with E-state index in [0.717, 1.165) is 30.1 Å². The average molecular weight is 322 g/mol. The Morgan fingerprint density at radius 2 is 1.68 bits per heavy atom. The summed E-state index contributed by atoms with van der Waals surface area (Å²) in [5.41, 5.74) is 1.69. The molecule has 3 nitrogen and oxygen atoms in total. The van der Waals surface area contributed by atoms with Gasteiger partial charge in [0.2, 0.25) is 0 Å². The van der Waals surface area contributed by atoms with Gasteiger partial charge in [0.15, 0.2) is 0 Å². The second-order valence-electron chi connectivity index (χ2n) is 7.41. The Balaban J connectivity index is 1.87. The maximum absolute atomic E-state index is 6.22. The number of likely N-dealkylation sites (tertiary alicyclic amines) is 1. The topological polar surface area (TPSA) is 21.7 Å². The van der Waals surface area contributed by atoms with Crippen molar-refractivity contribution in [2.24, 2.45) is 0 Å². The Kier molecular flexibility index (Phi) is 4.32. The van der Waals surface area contributed by atoms with E-state index >= 15 is 0 Å². The summed E-state index contributed by atoms with van der Waals surface area (Å²) in [4.78, 5) is 2.47. The maximum Gasteiger partial charge on any atom is 0.495 e. The van der Waals surface area contributed by atoms with Crippen molar-refractivity contribution in [2.75, 3.05) is 13.1 Å². The second-order valence-corrected chi connectivity index (χ2v) is 7.85. The molecule has 0 saturated carbocycles. The number of rotatable bonds is 3.